The van der Waals surface area contributed by atoms with Gasteiger partial charge in [-0.2, -0.15) is 0 Å². The molecule has 1 saturated carbocycles. The number of nitrogens with zero attached hydrogens (tertiary/aromatic N) is 1. The number of alkyl halides is 1. The Balaban J connectivity index is 1.57. The van der Waals surface area contributed by atoms with Gasteiger partial charge in [0, 0.05) is 19.7 Å². The highest BCUT2D eigenvalue weighted by molar-refractivity contribution is 6.21. The van der Waals surface area contributed by atoms with E-state index in [0.29, 0.717) is 19.6 Å². The van der Waals surface area contributed by atoms with E-state index in [1.165, 1.54) is 0 Å². The zero-order chi connectivity index (χ0) is 12.3. The Morgan fingerprint density at radius 2 is 2.24 bits per heavy atom. The summed E-state index contributed by atoms with van der Waals surface area (Å²) in [5, 5.41) is 9.51. The van der Waals surface area contributed by atoms with Crippen LogP contribution < -0.4 is 0 Å². The maximum atomic E-state index is 11.6. The fourth-order valence-electron chi connectivity index (χ4n) is 2.21. The third-order valence-corrected chi connectivity index (χ3v) is 4.03. The summed E-state index contributed by atoms with van der Waals surface area (Å²) in [5.74, 6) is 0.0580. The van der Waals surface area contributed by atoms with Crippen LogP contribution in [0.4, 0.5) is 0 Å². The van der Waals surface area contributed by atoms with Crippen LogP contribution in [-0.4, -0.2) is 53.2 Å². The van der Waals surface area contributed by atoms with Gasteiger partial charge in [0.05, 0.1) is 24.0 Å². The van der Waals surface area contributed by atoms with Gasteiger partial charge in [-0.25, -0.2) is 0 Å². The molecule has 1 aliphatic heterocycles. The summed E-state index contributed by atoms with van der Waals surface area (Å²) in [4.78, 5) is 13.4. The normalized spacial score (nSPS) is 33.6. The maximum absolute atomic E-state index is 11.6. The lowest BCUT2D eigenvalue weighted by molar-refractivity contribution is -0.137. The van der Waals surface area contributed by atoms with Gasteiger partial charge in [0.2, 0.25) is 5.91 Å². The number of carbonyl (C=O) groups is 1. The number of hydrogen-bond acceptors (Lipinski definition) is 3. The van der Waals surface area contributed by atoms with E-state index >= 15 is 0 Å². The minimum atomic E-state index is -0.443. The Morgan fingerprint density at radius 1 is 1.41 bits per heavy atom. The van der Waals surface area contributed by atoms with Gasteiger partial charge < -0.3 is 14.7 Å². The molecular formula is C12H20ClNO3. The molecule has 1 aliphatic carbocycles. The van der Waals surface area contributed by atoms with Gasteiger partial charge in [0.1, 0.15) is 0 Å². The number of ether oxygens (including phenoxy) is 1. The van der Waals surface area contributed by atoms with E-state index in [1.54, 1.807) is 0 Å². The molecule has 1 saturated heterocycles. The molecule has 2 aliphatic rings. The summed E-state index contributed by atoms with van der Waals surface area (Å²) in [6.45, 7) is 2.06. The number of halogens is 1. The molecule has 0 aromatic carbocycles. The SMILES string of the molecule is O=C1CC(O)CCN1CCCO[C@H]1CCC1Cl. The average molecular weight is 262 g/mol. The summed E-state index contributed by atoms with van der Waals surface area (Å²) in [7, 11) is 0. The number of aliphatic hydroxyl groups excluding tert-OH is 1. The molecule has 1 N–H and O–H groups in total. The Labute approximate surface area is 107 Å². The van der Waals surface area contributed by atoms with E-state index in [4.69, 9.17) is 16.3 Å². The van der Waals surface area contributed by atoms with Crippen LogP contribution in [0, 0.1) is 0 Å². The number of aliphatic hydroxyl groups is 1. The molecule has 1 heterocycles. The van der Waals surface area contributed by atoms with Crippen molar-refractivity contribution in [3.05, 3.63) is 0 Å². The molecular weight excluding hydrogens is 242 g/mol. The molecule has 2 fully saturated rings. The van der Waals surface area contributed by atoms with Crippen LogP contribution in [0.3, 0.4) is 0 Å². The molecule has 0 aromatic heterocycles. The number of rotatable bonds is 5. The van der Waals surface area contributed by atoms with Crippen LogP contribution in [0.25, 0.3) is 0 Å². The first kappa shape index (κ1) is 13.1. The predicted octanol–water partition coefficient (Wildman–Crippen LogP) is 1.15. The van der Waals surface area contributed by atoms with Crippen LogP contribution in [0.2, 0.25) is 0 Å². The van der Waals surface area contributed by atoms with Crippen molar-refractivity contribution in [2.45, 2.75) is 49.7 Å². The zero-order valence-corrected chi connectivity index (χ0v) is 10.7. The van der Waals surface area contributed by atoms with Gasteiger partial charge in [-0.15, -0.1) is 11.6 Å². The number of piperidine rings is 1. The van der Waals surface area contributed by atoms with E-state index < -0.39 is 6.10 Å². The second-order valence-electron chi connectivity index (χ2n) is 4.88. The smallest absolute Gasteiger partial charge is 0.225 e. The van der Waals surface area contributed by atoms with Crippen molar-refractivity contribution in [3.8, 4) is 0 Å². The summed E-state index contributed by atoms with van der Waals surface area (Å²) < 4.78 is 5.62. The Kier molecular flexibility index (Phi) is 4.65. The van der Waals surface area contributed by atoms with Crippen molar-refractivity contribution in [1.29, 1.82) is 0 Å². The molecule has 2 rings (SSSR count). The summed E-state index contributed by atoms with van der Waals surface area (Å²) in [6.07, 6.45) is 3.70. The Bertz CT molecular complexity index is 274. The van der Waals surface area contributed by atoms with Gasteiger partial charge in [0.25, 0.3) is 0 Å². The second kappa shape index (κ2) is 6.03. The van der Waals surface area contributed by atoms with Gasteiger partial charge in [-0.05, 0) is 25.7 Å². The van der Waals surface area contributed by atoms with E-state index in [2.05, 4.69) is 0 Å². The monoisotopic (exact) mass is 261 g/mol. The van der Waals surface area contributed by atoms with E-state index in [-0.39, 0.29) is 23.8 Å². The molecule has 2 unspecified atom stereocenters. The van der Waals surface area contributed by atoms with Crippen molar-refractivity contribution in [3.63, 3.8) is 0 Å². The largest absolute Gasteiger partial charge is 0.393 e. The predicted molar refractivity (Wildman–Crippen MR) is 65.1 cm³/mol. The molecule has 17 heavy (non-hydrogen) atoms. The molecule has 4 nitrogen and oxygen atoms in total. The lowest BCUT2D eigenvalue weighted by Crippen LogP contribution is -2.41. The first-order chi connectivity index (χ1) is 8.16. The van der Waals surface area contributed by atoms with Crippen LogP contribution in [0.1, 0.15) is 32.1 Å². The van der Waals surface area contributed by atoms with Gasteiger partial charge in [0.15, 0.2) is 0 Å². The molecule has 0 radical (unpaired) electrons. The quantitative estimate of drug-likeness (QED) is 0.597. The topological polar surface area (TPSA) is 49.8 Å². The number of hydrogen-bond donors (Lipinski definition) is 1. The van der Waals surface area contributed by atoms with Crippen molar-refractivity contribution in [2.24, 2.45) is 0 Å². The summed E-state index contributed by atoms with van der Waals surface area (Å²) >= 11 is 5.96. The van der Waals surface area contributed by atoms with E-state index in [9.17, 15) is 9.90 Å². The second-order valence-corrected chi connectivity index (χ2v) is 5.44. The summed E-state index contributed by atoms with van der Waals surface area (Å²) in [6, 6.07) is 0. The highest BCUT2D eigenvalue weighted by Gasteiger charge is 2.29. The number of amides is 1. The standard InChI is InChI=1S/C12H20ClNO3/c13-10-2-3-11(10)17-7-1-5-14-6-4-9(15)8-12(14)16/h9-11,15H,1-8H2/t9?,10?,11-/m0/s1. The minimum absolute atomic E-state index is 0.0580. The molecule has 3 atom stereocenters. The van der Waals surface area contributed by atoms with Crippen molar-refractivity contribution < 1.29 is 14.6 Å². The third-order valence-electron chi connectivity index (χ3n) is 3.53. The summed E-state index contributed by atoms with van der Waals surface area (Å²) in [5.41, 5.74) is 0. The molecule has 98 valence electrons. The van der Waals surface area contributed by atoms with Crippen LogP contribution in [0.5, 0.6) is 0 Å². The minimum Gasteiger partial charge on any atom is -0.393 e. The first-order valence-electron chi connectivity index (χ1n) is 6.38. The lowest BCUT2D eigenvalue weighted by Gasteiger charge is -2.32. The van der Waals surface area contributed by atoms with Crippen LogP contribution in [-0.2, 0) is 9.53 Å². The highest BCUT2D eigenvalue weighted by atomic mass is 35.5. The van der Waals surface area contributed by atoms with Crippen LogP contribution >= 0.6 is 11.6 Å². The molecule has 0 aromatic rings. The van der Waals surface area contributed by atoms with Crippen molar-refractivity contribution >= 4 is 17.5 Å². The fourth-order valence-corrected chi connectivity index (χ4v) is 2.53. The first-order valence-corrected chi connectivity index (χ1v) is 6.82. The fraction of sp³-hybridized carbons (Fsp3) is 0.917. The Hall–Kier alpha value is -0.320. The molecule has 5 heteroatoms. The van der Waals surface area contributed by atoms with Gasteiger partial charge in [-0.3, -0.25) is 4.79 Å². The third kappa shape index (κ3) is 3.57. The number of likely N-dealkylation sites (tertiary alicyclic amines) is 1. The number of carbonyl (C=O) groups excluding carboxylic acids is 1. The lowest BCUT2D eigenvalue weighted by atomic mass is 9.95. The van der Waals surface area contributed by atoms with E-state index in [0.717, 1.165) is 25.8 Å². The van der Waals surface area contributed by atoms with Crippen molar-refractivity contribution in [1.82, 2.24) is 4.90 Å². The average Bonchev–Trinajstić information content (AvgIpc) is 2.29. The zero-order valence-electron chi connectivity index (χ0n) is 9.98. The Morgan fingerprint density at radius 3 is 2.82 bits per heavy atom. The molecule has 0 bridgehead atoms. The maximum Gasteiger partial charge on any atom is 0.225 e. The van der Waals surface area contributed by atoms with Crippen molar-refractivity contribution in [2.75, 3.05) is 19.7 Å². The van der Waals surface area contributed by atoms with E-state index in [1.807, 2.05) is 4.90 Å². The van der Waals surface area contributed by atoms with Gasteiger partial charge >= 0.3 is 0 Å². The molecule has 0 spiro atoms. The van der Waals surface area contributed by atoms with Gasteiger partial charge in [-0.1, -0.05) is 0 Å². The highest BCUT2D eigenvalue weighted by Crippen LogP contribution is 2.28. The van der Waals surface area contributed by atoms with Crippen LogP contribution in [0.15, 0.2) is 0 Å². The molecule has 1 amide bonds.